The van der Waals surface area contributed by atoms with Gasteiger partial charge in [-0.05, 0) is 54.1 Å². The van der Waals surface area contributed by atoms with Crippen LogP contribution in [0.25, 0.3) is 0 Å². The standard InChI is InChI=1S/C11H12INO/c1-11(2)9(13-10(11)14)7-4-3-5-8(12)6-7/h3-6,9H,1-2H3,(H,13,14). The van der Waals surface area contributed by atoms with Crippen molar-refractivity contribution in [2.45, 2.75) is 19.9 Å². The summed E-state index contributed by atoms with van der Waals surface area (Å²) in [5.41, 5.74) is 0.936. The summed E-state index contributed by atoms with van der Waals surface area (Å²) in [5, 5.41) is 2.93. The predicted molar refractivity (Wildman–Crippen MR) is 63.8 cm³/mol. The van der Waals surface area contributed by atoms with E-state index >= 15 is 0 Å². The number of hydrogen-bond acceptors (Lipinski definition) is 1. The van der Waals surface area contributed by atoms with Crippen molar-refractivity contribution >= 4 is 28.5 Å². The molecule has 2 nitrogen and oxygen atoms in total. The molecule has 1 saturated heterocycles. The van der Waals surface area contributed by atoms with Gasteiger partial charge in [0.05, 0.1) is 11.5 Å². The number of β-lactam (4-membered cyclic amide) rings is 1. The van der Waals surface area contributed by atoms with Gasteiger partial charge in [-0.15, -0.1) is 0 Å². The molecule has 74 valence electrons. The van der Waals surface area contributed by atoms with E-state index in [4.69, 9.17) is 0 Å². The quantitative estimate of drug-likeness (QED) is 0.627. The Morgan fingerprint density at radius 1 is 1.43 bits per heavy atom. The Morgan fingerprint density at radius 2 is 2.14 bits per heavy atom. The summed E-state index contributed by atoms with van der Waals surface area (Å²) in [6, 6.07) is 8.43. The number of benzene rings is 1. The largest absolute Gasteiger partial charge is 0.348 e. The maximum Gasteiger partial charge on any atom is 0.228 e. The van der Waals surface area contributed by atoms with Crippen molar-refractivity contribution in [3.05, 3.63) is 33.4 Å². The van der Waals surface area contributed by atoms with Crippen molar-refractivity contribution in [2.24, 2.45) is 5.41 Å². The Balaban J connectivity index is 2.30. The highest BCUT2D eigenvalue weighted by Gasteiger charge is 2.47. The van der Waals surface area contributed by atoms with Crippen molar-refractivity contribution in [3.8, 4) is 0 Å². The third-order valence-corrected chi connectivity index (χ3v) is 3.44. The lowest BCUT2D eigenvalue weighted by Crippen LogP contribution is -2.57. The molecule has 0 radical (unpaired) electrons. The Morgan fingerprint density at radius 3 is 2.64 bits per heavy atom. The fourth-order valence-electron chi connectivity index (χ4n) is 1.74. The molecule has 0 saturated carbocycles. The average Bonchev–Trinajstić information content (AvgIpc) is 2.14. The Labute approximate surface area is 97.2 Å². The molecule has 1 N–H and O–H groups in total. The summed E-state index contributed by atoms with van der Waals surface area (Å²) < 4.78 is 1.21. The van der Waals surface area contributed by atoms with E-state index < -0.39 is 0 Å². The number of nitrogens with one attached hydrogen (secondary N) is 1. The molecule has 1 aromatic carbocycles. The van der Waals surface area contributed by atoms with Gasteiger partial charge in [0.15, 0.2) is 0 Å². The summed E-state index contributed by atoms with van der Waals surface area (Å²) in [6.07, 6.45) is 0. The van der Waals surface area contributed by atoms with Gasteiger partial charge < -0.3 is 5.32 Å². The van der Waals surface area contributed by atoms with E-state index in [2.05, 4.69) is 46.1 Å². The first-order chi connectivity index (χ1) is 6.51. The van der Waals surface area contributed by atoms with Crippen LogP contribution in [0.5, 0.6) is 0 Å². The van der Waals surface area contributed by atoms with Crippen LogP contribution in [0.2, 0.25) is 0 Å². The molecule has 1 fully saturated rings. The van der Waals surface area contributed by atoms with Crippen molar-refractivity contribution in [1.29, 1.82) is 0 Å². The van der Waals surface area contributed by atoms with E-state index in [1.54, 1.807) is 0 Å². The summed E-state index contributed by atoms with van der Waals surface area (Å²) in [5.74, 6) is 0.140. The molecule has 1 heterocycles. The van der Waals surface area contributed by atoms with Gasteiger partial charge in [0.25, 0.3) is 0 Å². The number of hydrogen-bond donors (Lipinski definition) is 1. The minimum absolute atomic E-state index is 0.140. The molecular formula is C11H12INO. The normalized spacial score (nSPS) is 23.9. The van der Waals surface area contributed by atoms with Crippen molar-refractivity contribution in [2.75, 3.05) is 0 Å². The maximum atomic E-state index is 11.3. The van der Waals surface area contributed by atoms with Crippen LogP contribution in [-0.4, -0.2) is 5.91 Å². The van der Waals surface area contributed by atoms with E-state index in [0.29, 0.717) is 0 Å². The van der Waals surface area contributed by atoms with Crippen LogP contribution in [-0.2, 0) is 4.79 Å². The lowest BCUT2D eigenvalue weighted by molar-refractivity contribution is -0.143. The molecule has 1 aliphatic rings. The van der Waals surface area contributed by atoms with Gasteiger partial charge in [-0.2, -0.15) is 0 Å². The van der Waals surface area contributed by atoms with Crippen molar-refractivity contribution in [1.82, 2.24) is 5.32 Å². The zero-order valence-corrected chi connectivity index (χ0v) is 10.3. The average molecular weight is 301 g/mol. The van der Waals surface area contributed by atoms with Gasteiger partial charge in [-0.25, -0.2) is 0 Å². The van der Waals surface area contributed by atoms with Gasteiger partial charge >= 0.3 is 0 Å². The minimum atomic E-state index is -0.259. The Kier molecular flexibility index (Phi) is 2.29. The van der Waals surface area contributed by atoms with Crippen LogP contribution in [0.15, 0.2) is 24.3 Å². The smallest absolute Gasteiger partial charge is 0.228 e. The first kappa shape index (κ1) is 9.96. The number of amides is 1. The second-order valence-corrected chi connectivity index (χ2v) is 5.43. The molecule has 0 aliphatic carbocycles. The predicted octanol–water partition coefficient (Wildman–Crippen LogP) is 2.49. The van der Waals surface area contributed by atoms with Crippen LogP contribution in [0, 0.1) is 8.99 Å². The molecule has 1 amide bonds. The molecule has 1 aliphatic heterocycles. The molecule has 0 spiro atoms. The van der Waals surface area contributed by atoms with Gasteiger partial charge in [-0.1, -0.05) is 12.1 Å². The molecule has 14 heavy (non-hydrogen) atoms. The third-order valence-electron chi connectivity index (χ3n) is 2.76. The zero-order valence-electron chi connectivity index (χ0n) is 8.17. The van der Waals surface area contributed by atoms with E-state index in [1.165, 1.54) is 9.13 Å². The molecule has 2 rings (SSSR count). The lowest BCUT2D eigenvalue weighted by Gasteiger charge is -2.44. The number of carbonyl (C=O) groups is 1. The maximum absolute atomic E-state index is 11.3. The molecule has 0 bridgehead atoms. The number of carbonyl (C=O) groups excluding carboxylic acids is 1. The fourth-order valence-corrected chi connectivity index (χ4v) is 2.30. The SMILES string of the molecule is CC1(C)C(=O)NC1c1cccc(I)c1. The van der Waals surface area contributed by atoms with E-state index in [1.807, 2.05) is 19.9 Å². The highest BCUT2D eigenvalue weighted by molar-refractivity contribution is 14.1. The van der Waals surface area contributed by atoms with Gasteiger partial charge in [0.2, 0.25) is 5.91 Å². The summed E-state index contributed by atoms with van der Waals surface area (Å²) in [4.78, 5) is 11.3. The van der Waals surface area contributed by atoms with E-state index in [0.717, 1.165) is 0 Å². The third kappa shape index (κ3) is 1.43. The number of halogens is 1. The van der Waals surface area contributed by atoms with Crippen LogP contribution in [0.1, 0.15) is 25.5 Å². The molecule has 0 aromatic heterocycles. The minimum Gasteiger partial charge on any atom is -0.348 e. The van der Waals surface area contributed by atoms with Crippen molar-refractivity contribution in [3.63, 3.8) is 0 Å². The highest BCUT2D eigenvalue weighted by Crippen LogP contribution is 2.41. The second-order valence-electron chi connectivity index (χ2n) is 4.18. The summed E-state index contributed by atoms with van der Waals surface area (Å²) in [6.45, 7) is 3.97. The van der Waals surface area contributed by atoms with Crippen LogP contribution in [0.3, 0.4) is 0 Å². The van der Waals surface area contributed by atoms with E-state index in [9.17, 15) is 4.79 Å². The van der Waals surface area contributed by atoms with Crippen LogP contribution in [0.4, 0.5) is 0 Å². The molecule has 1 unspecified atom stereocenters. The Hall–Kier alpha value is -0.580. The summed E-state index contributed by atoms with van der Waals surface area (Å²) >= 11 is 2.28. The monoisotopic (exact) mass is 301 g/mol. The molecule has 1 atom stereocenters. The van der Waals surface area contributed by atoms with Gasteiger partial charge in [-0.3, -0.25) is 4.79 Å². The zero-order chi connectivity index (χ0) is 10.3. The molecule has 3 heteroatoms. The lowest BCUT2D eigenvalue weighted by atomic mass is 9.73. The summed E-state index contributed by atoms with van der Waals surface area (Å²) in [7, 11) is 0. The molecule has 1 aromatic rings. The fraction of sp³-hybridized carbons (Fsp3) is 0.364. The van der Waals surface area contributed by atoms with Crippen molar-refractivity contribution < 1.29 is 4.79 Å². The molecular weight excluding hydrogens is 289 g/mol. The first-order valence-electron chi connectivity index (χ1n) is 4.58. The highest BCUT2D eigenvalue weighted by atomic mass is 127. The van der Waals surface area contributed by atoms with E-state index in [-0.39, 0.29) is 17.4 Å². The Bertz CT molecular complexity index is 387. The first-order valence-corrected chi connectivity index (χ1v) is 5.66. The van der Waals surface area contributed by atoms with Crippen LogP contribution < -0.4 is 5.32 Å². The van der Waals surface area contributed by atoms with Crippen LogP contribution >= 0.6 is 22.6 Å². The topological polar surface area (TPSA) is 29.1 Å². The second kappa shape index (κ2) is 3.22. The van der Waals surface area contributed by atoms with Gasteiger partial charge in [0.1, 0.15) is 0 Å². The van der Waals surface area contributed by atoms with Gasteiger partial charge in [0, 0.05) is 3.57 Å². The number of rotatable bonds is 1.